The second-order valence-corrected chi connectivity index (χ2v) is 18.3. The number of imide groups is 1. The van der Waals surface area contributed by atoms with Gasteiger partial charge in [0.2, 0.25) is 17.7 Å². The molecule has 2 fully saturated rings. The molecule has 3 heterocycles. The first-order chi connectivity index (χ1) is 31.2. The normalized spacial score (nSPS) is 23.9. The minimum Gasteiger partial charge on any atom is -0.495 e. The van der Waals surface area contributed by atoms with Gasteiger partial charge in [-0.15, -0.1) is 0 Å². The van der Waals surface area contributed by atoms with Crippen molar-refractivity contribution in [2.75, 3.05) is 46.9 Å². The zero-order valence-corrected chi connectivity index (χ0v) is 40.6. The van der Waals surface area contributed by atoms with Crippen molar-refractivity contribution in [2.45, 2.75) is 120 Å². The maximum absolute atomic E-state index is 13.8. The number of allylic oxidation sites excluding steroid dienone is 3. The van der Waals surface area contributed by atoms with E-state index in [4.69, 9.17) is 35.3 Å². The van der Waals surface area contributed by atoms with Crippen molar-refractivity contribution >= 4 is 65.0 Å². The smallest absolute Gasteiger partial charge is 0.409 e. The van der Waals surface area contributed by atoms with Gasteiger partial charge in [0.15, 0.2) is 5.72 Å². The molecule has 66 heavy (non-hydrogen) atoms. The number of rotatable bonds is 25. The van der Waals surface area contributed by atoms with Crippen LogP contribution in [0.25, 0.3) is 0 Å². The Kier molecular flexibility index (Phi) is 19.7. The third-order valence-corrected chi connectivity index (χ3v) is 13.1. The fraction of sp³-hybridized carbons (Fsp3) is 0.587. The highest BCUT2D eigenvalue weighted by atomic mass is 35.5. The highest BCUT2D eigenvalue weighted by Gasteiger charge is 2.64. The second kappa shape index (κ2) is 24.2. The van der Waals surface area contributed by atoms with E-state index < -0.39 is 77.6 Å². The largest absolute Gasteiger partial charge is 0.495 e. The number of aliphatic hydroxyl groups is 1. The van der Waals surface area contributed by atoms with E-state index in [-0.39, 0.29) is 49.3 Å². The first-order valence-corrected chi connectivity index (χ1v) is 23.6. The minimum atomic E-state index is -1.89. The van der Waals surface area contributed by atoms with Crippen LogP contribution in [0.3, 0.4) is 0 Å². The molecule has 0 spiro atoms. The van der Waals surface area contributed by atoms with Gasteiger partial charge in [0.1, 0.15) is 41.7 Å². The molecule has 6 amide bonds. The number of carbonyl (C=O) groups excluding carboxylic acids is 7. The highest BCUT2D eigenvalue weighted by molar-refractivity contribution is 7.98. The number of ether oxygens (including phenoxy) is 5. The molecular weight excluding hydrogens is 898 g/mol. The van der Waals surface area contributed by atoms with Crippen LogP contribution in [-0.4, -0.2) is 151 Å². The summed E-state index contributed by atoms with van der Waals surface area (Å²) in [4.78, 5) is 92.0. The van der Waals surface area contributed by atoms with Crippen LogP contribution in [0.15, 0.2) is 54.2 Å². The van der Waals surface area contributed by atoms with Crippen LogP contribution in [0.5, 0.6) is 5.75 Å². The van der Waals surface area contributed by atoms with E-state index in [1.165, 1.54) is 56.9 Å². The zero-order valence-electron chi connectivity index (χ0n) is 39.1. The van der Waals surface area contributed by atoms with Crippen LogP contribution in [0.4, 0.5) is 4.79 Å². The number of amides is 6. The Bertz CT molecular complexity index is 2030. The monoisotopic (exact) mass is 961 g/mol. The summed E-state index contributed by atoms with van der Waals surface area (Å²) in [6, 6.07) is 3.43. The molecule has 18 nitrogen and oxygen atoms in total. The first-order valence-electron chi connectivity index (χ1n) is 21.8. The van der Waals surface area contributed by atoms with Gasteiger partial charge in [-0.3, -0.25) is 34.2 Å². The zero-order chi connectivity index (χ0) is 48.9. The second-order valence-electron chi connectivity index (χ2n) is 17.0. The predicted molar refractivity (Wildman–Crippen MR) is 246 cm³/mol. The highest BCUT2D eigenvalue weighted by Crippen LogP contribution is 2.49. The molecular formula is C46H64ClN5O13S. The lowest BCUT2D eigenvalue weighted by molar-refractivity contribution is -0.162. The summed E-state index contributed by atoms with van der Waals surface area (Å²) in [6.07, 6.45) is 6.72. The van der Waals surface area contributed by atoms with Crippen LogP contribution in [0.1, 0.15) is 71.8 Å². The van der Waals surface area contributed by atoms with E-state index >= 15 is 0 Å². The number of hydrogen-bond donors (Lipinski definition) is 4. The van der Waals surface area contributed by atoms with E-state index in [2.05, 4.69) is 16.0 Å². The van der Waals surface area contributed by atoms with E-state index in [0.717, 1.165) is 16.0 Å². The average molecular weight is 963 g/mol. The predicted octanol–water partition coefficient (Wildman–Crippen LogP) is 3.62. The van der Waals surface area contributed by atoms with Crippen molar-refractivity contribution in [2.24, 2.45) is 5.92 Å². The van der Waals surface area contributed by atoms with Crippen LogP contribution in [0, 0.1) is 5.92 Å². The van der Waals surface area contributed by atoms with Crippen molar-refractivity contribution in [3.8, 4) is 5.75 Å². The summed E-state index contributed by atoms with van der Waals surface area (Å²) < 4.78 is 28.8. The molecule has 0 aliphatic carbocycles. The topological polar surface area (TPSA) is 232 Å². The standard InChI is InChI=1S/C46H64ClN5O13S/c1-27(22-30-17-18-31(47)33(23-30)61-7)14-13-15-35(62-8)46(60)25-34(63-44(59)50-46)28(2)41-45(4,65-41)36(24-38(54)48-5)64-43(58)29(3)51(6)42(57)32(26-66-9)49-37(53)16-11-10-12-21-52-39(55)19-20-40(52)56/h13-15,17-20,23,28-29,32,34-36,41,60H,10-12,16,21-22,24-26H2,1-9H3,(H,48,54)(H,49,53)(H,50,59)/b15-13+,27-14+/t28?,29-,32?,34?,35?,36?,41?,45?,46?/m0/s1. The molecule has 0 saturated carbocycles. The van der Waals surface area contributed by atoms with Crippen molar-refractivity contribution < 1.29 is 62.4 Å². The first kappa shape index (κ1) is 53.7. The summed E-state index contributed by atoms with van der Waals surface area (Å²) in [5.41, 5.74) is -1.15. The molecule has 3 aliphatic rings. The Morgan fingerprint density at radius 2 is 1.80 bits per heavy atom. The van der Waals surface area contributed by atoms with Gasteiger partial charge >= 0.3 is 12.1 Å². The van der Waals surface area contributed by atoms with Gasteiger partial charge in [0, 0.05) is 64.4 Å². The Balaban J connectivity index is 1.37. The van der Waals surface area contributed by atoms with Crippen LogP contribution >= 0.6 is 23.4 Å². The number of epoxide rings is 1. The number of thioether (sulfide) groups is 1. The van der Waals surface area contributed by atoms with Gasteiger partial charge < -0.3 is 44.3 Å². The lowest BCUT2D eigenvalue weighted by atomic mass is 9.83. The number of likely N-dealkylation sites (N-methyl/N-ethyl adjacent to an activating group) is 1. The quantitative estimate of drug-likeness (QED) is 0.0361. The molecule has 1 aromatic rings. The third-order valence-electron chi connectivity index (χ3n) is 12.1. The molecule has 3 aliphatic heterocycles. The maximum atomic E-state index is 13.8. The molecule has 0 aromatic heterocycles. The number of carbonyl (C=O) groups is 7. The molecule has 0 radical (unpaired) electrons. The number of methoxy groups -OCH3 is 2. The summed E-state index contributed by atoms with van der Waals surface area (Å²) in [5, 5.41) is 20.1. The molecule has 2 saturated heterocycles. The van der Waals surface area contributed by atoms with E-state index in [1.54, 1.807) is 45.4 Å². The lowest BCUT2D eigenvalue weighted by Gasteiger charge is -2.42. The molecule has 9 atom stereocenters. The number of hydrogen-bond acceptors (Lipinski definition) is 14. The van der Waals surface area contributed by atoms with Gasteiger partial charge in [-0.05, 0) is 64.0 Å². The summed E-state index contributed by atoms with van der Waals surface area (Å²) in [7, 11) is 5.81. The molecule has 0 bridgehead atoms. The summed E-state index contributed by atoms with van der Waals surface area (Å²) in [5.74, 6) is -2.67. The van der Waals surface area contributed by atoms with Gasteiger partial charge in [-0.25, -0.2) is 9.59 Å². The van der Waals surface area contributed by atoms with Crippen molar-refractivity contribution in [3.63, 3.8) is 0 Å². The fourth-order valence-corrected chi connectivity index (χ4v) is 8.71. The molecule has 4 N–H and O–H groups in total. The van der Waals surface area contributed by atoms with Crippen LogP contribution < -0.4 is 20.7 Å². The Morgan fingerprint density at radius 3 is 2.44 bits per heavy atom. The molecule has 20 heteroatoms. The van der Waals surface area contributed by atoms with Crippen molar-refractivity contribution in [3.05, 3.63) is 64.7 Å². The number of nitrogens with zero attached hydrogens (tertiary/aromatic N) is 2. The molecule has 4 rings (SSSR count). The lowest BCUT2D eigenvalue weighted by Crippen LogP contribution is -2.63. The number of unbranched alkanes of at least 4 members (excludes halogenated alkanes) is 2. The maximum Gasteiger partial charge on any atom is 0.409 e. The van der Waals surface area contributed by atoms with Crippen molar-refractivity contribution in [1.82, 2.24) is 25.8 Å². The Hall–Kier alpha value is -4.95. The number of alkyl carbamates (subject to hydrolysis) is 1. The minimum absolute atomic E-state index is 0.107. The molecule has 8 unspecified atom stereocenters. The summed E-state index contributed by atoms with van der Waals surface area (Å²) in [6.45, 7) is 7.11. The SMILES string of the molecule is CNC(=O)CC(OC(=O)[C@H](C)N(C)C(=O)C(CSC)NC(=O)CCCCCN1C(=O)C=CC1=O)C1(C)OC1C(C)C1CC(O)(C(/C=C/C=C(\C)Cc2ccc(Cl)c(OC)c2)OC)NC(=O)O1. The molecule has 1 aromatic carbocycles. The number of benzene rings is 1. The number of esters is 1. The van der Waals surface area contributed by atoms with Crippen molar-refractivity contribution in [1.29, 1.82) is 0 Å². The Morgan fingerprint density at radius 1 is 1.11 bits per heavy atom. The summed E-state index contributed by atoms with van der Waals surface area (Å²) >= 11 is 7.50. The van der Waals surface area contributed by atoms with Crippen LogP contribution in [0.2, 0.25) is 5.02 Å². The van der Waals surface area contributed by atoms with Gasteiger partial charge in [0.25, 0.3) is 11.8 Å². The van der Waals surface area contributed by atoms with Gasteiger partial charge in [-0.2, -0.15) is 11.8 Å². The fourth-order valence-electron chi connectivity index (χ4n) is 7.95. The van der Waals surface area contributed by atoms with E-state index in [1.807, 2.05) is 25.1 Å². The average Bonchev–Trinajstić information content (AvgIpc) is 3.88. The number of cyclic esters (lactones) is 1. The Labute approximate surface area is 395 Å². The number of halogens is 1. The van der Waals surface area contributed by atoms with E-state index in [0.29, 0.717) is 36.5 Å². The molecule has 364 valence electrons. The van der Waals surface area contributed by atoms with Gasteiger partial charge in [0.05, 0.1) is 24.7 Å². The third kappa shape index (κ3) is 14.0. The van der Waals surface area contributed by atoms with E-state index in [9.17, 15) is 38.7 Å². The van der Waals surface area contributed by atoms with Crippen LogP contribution in [-0.2, 0) is 54.1 Å². The van der Waals surface area contributed by atoms with Gasteiger partial charge in [-0.1, -0.05) is 54.8 Å². The number of nitrogens with one attached hydrogen (secondary N) is 3.